The third kappa shape index (κ3) is 6.16. The second kappa shape index (κ2) is 9.71. The van der Waals surface area contributed by atoms with Gasteiger partial charge < -0.3 is 14.1 Å². The fraction of sp³-hybridized carbons (Fsp3) is 0.211. The number of carbonyl (C=O) groups excluding carboxylic acids is 1. The Labute approximate surface area is 174 Å². The molecular formula is C19H16ClF2N3O3S. The van der Waals surface area contributed by atoms with Crippen molar-refractivity contribution >= 4 is 29.3 Å². The second-order valence-electron chi connectivity index (χ2n) is 5.94. The van der Waals surface area contributed by atoms with Gasteiger partial charge in [0.2, 0.25) is 11.8 Å². The summed E-state index contributed by atoms with van der Waals surface area (Å²) < 4.78 is 34.2. The van der Waals surface area contributed by atoms with Crippen LogP contribution in [0.5, 0.6) is 5.75 Å². The van der Waals surface area contributed by atoms with Crippen LogP contribution in [0.2, 0.25) is 5.02 Å². The zero-order chi connectivity index (χ0) is 20.8. The third-order valence-electron chi connectivity index (χ3n) is 3.79. The number of benzene rings is 2. The predicted octanol–water partition coefficient (Wildman–Crippen LogP) is 4.74. The number of carbonyl (C=O) groups is 1. The topological polar surface area (TPSA) is 68.5 Å². The molecule has 10 heteroatoms. The number of nitrogens with zero attached hydrogens (tertiary/aromatic N) is 3. The van der Waals surface area contributed by atoms with Crippen LogP contribution in [-0.4, -0.2) is 40.4 Å². The quantitative estimate of drug-likeness (QED) is 0.472. The number of thioether (sulfide) groups is 1. The number of aromatic nitrogens is 2. The summed E-state index contributed by atoms with van der Waals surface area (Å²) in [5.74, 6) is 0.354. The lowest BCUT2D eigenvalue weighted by atomic mass is 10.2. The molecule has 152 valence electrons. The summed E-state index contributed by atoms with van der Waals surface area (Å²) in [4.78, 5) is 13.8. The first-order chi connectivity index (χ1) is 13.9. The minimum absolute atomic E-state index is 0.0696. The van der Waals surface area contributed by atoms with Crippen LogP contribution in [0.15, 0.2) is 58.2 Å². The number of amides is 1. The van der Waals surface area contributed by atoms with Crippen LogP contribution in [0.1, 0.15) is 5.56 Å². The largest absolute Gasteiger partial charge is 0.435 e. The summed E-state index contributed by atoms with van der Waals surface area (Å²) in [6.45, 7) is -2.54. The monoisotopic (exact) mass is 439 g/mol. The van der Waals surface area contributed by atoms with Crippen molar-refractivity contribution < 1.29 is 22.7 Å². The molecule has 0 aliphatic carbocycles. The van der Waals surface area contributed by atoms with Gasteiger partial charge in [0.1, 0.15) is 5.75 Å². The molecule has 0 saturated heterocycles. The number of alkyl halides is 2. The SMILES string of the molecule is CN(Cc1ccc(OC(F)F)cc1)C(=O)CSc1nnc(-c2cccc(Cl)c2)o1. The van der Waals surface area contributed by atoms with Crippen LogP contribution in [0.3, 0.4) is 0 Å². The summed E-state index contributed by atoms with van der Waals surface area (Å²) in [6, 6.07) is 13.2. The highest BCUT2D eigenvalue weighted by Gasteiger charge is 2.14. The van der Waals surface area contributed by atoms with Gasteiger partial charge in [-0.3, -0.25) is 4.79 Å². The number of halogens is 3. The Morgan fingerprint density at radius 3 is 2.69 bits per heavy atom. The van der Waals surface area contributed by atoms with Gasteiger partial charge in [-0.25, -0.2) is 0 Å². The average Bonchev–Trinajstić information content (AvgIpc) is 3.16. The van der Waals surface area contributed by atoms with Crippen molar-refractivity contribution in [2.75, 3.05) is 12.8 Å². The average molecular weight is 440 g/mol. The standard InChI is InChI=1S/C19H16ClF2N3O3S/c1-25(10-12-5-7-15(8-6-12)27-18(21)22)16(26)11-29-19-24-23-17(28-19)13-3-2-4-14(20)9-13/h2-9,18H,10-11H2,1H3. The van der Waals surface area contributed by atoms with E-state index < -0.39 is 6.61 Å². The highest BCUT2D eigenvalue weighted by Crippen LogP contribution is 2.25. The number of hydrogen-bond donors (Lipinski definition) is 0. The fourth-order valence-electron chi connectivity index (χ4n) is 2.38. The molecule has 0 aliphatic rings. The minimum Gasteiger partial charge on any atom is -0.435 e. The molecule has 0 saturated carbocycles. The van der Waals surface area contributed by atoms with Gasteiger partial charge in [-0.15, -0.1) is 10.2 Å². The number of rotatable bonds is 8. The second-order valence-corrected chi connectivity index (χ2v) is 7.31. The van der Waals surface area contributed by atoms with Gasteiger partial charge in [-0.2, -0.15) is 8.78 Å². The van der Waals surface area contributed by atoms with E-state index in [-0.39, 0.29) is 22.6 Å². The van der Waals surface area contributed by atoms with Crippen LogP contribution >= 0.6 is 23.4 Å². The molecule has 0 unspecified atom stereocenters. The Morgan fingerprint density at radius 1 is 1.24 bits per heavy atom. The van der Waals surface area contributed by atoms with Gasteiger partial charge in [-0.05, 0) is 35.9 Å². The molecule has 0 spiro atoms. The van der Waals surface area contributed by atoms with Crippen molar-refractivity contribution in [3.63, 3.8) is 0 Å². The molecule has 29 heavy (non-hydrogen) atoms. The smallest absolute Gasteiger partial charge is 0.387 e. The van der Waals surface area contributed by atoms with Crippen molar-refractivity contribution in [1.82, 2.24) is 15.1 Å². The first kappa shape index (κ1) is 21.1. The summed E-state index contributed by atoms with van der Waals surface area (Å²) in [6.07, 6.45) is 0. The molecule has 3 rings (SSSR count). The Kier molecular flexibility index (Phi) is 7.05. The Balaban J connectivity index is 1.51. The molecule has 1 aromatic heterocycles. The summed E-state index contributed by atoms with van der Waals surface area (Å²) in [5, 5.41) is 8.72. The van der Waals surface area contributed by atoms with Crippen LogP contribution < -0.4 is 4.74 Å². The van der Waals surface area contributed by atoms with Crippen molar-refractivity contribution in [2.24, 2.45) is 0 Å². The van der Waals surface area contributed by atoms with E-state index in [9.17, 15) is 13.6 Å². The molecule has 0 bridgehead atoms. The van der Waals surface area contributed by atoms with E-state index in [1.807, 2.05) is 0 Å². The molecule has 0 atom stereocenters. The van der Waals surface area contributed by atoms with Crippen molar-refractivity contribution in [2.45, 2.75) is 18.4 Å². The zero-order valence-corrected chi connectivity index (χ0v) is 16.8. The van der Waals surface area contributed by atoms with E-state index in [0.29, 0.717) is 23.0 Å². The molecule has 6 nitrogen and oxygen atoms in total. The molecule has 2 aromatic carbocycles. The summed E-state index contributed by atoms with van der Waals surface area (Å²) in [5.41, 5.74) is 1.48. The molecule has 1 amide bonds. The lowest BCUT2D eigenvalue weighted by Crippen LogP contribution is -2.27. The lowest BCUT2D eigenvalue weighted by Gasteiger charge is -2.17. The van der Waals surface area contributed by atoms with Gasteiger partial charge in [0.05, 0.1) is 5.75 Å². The fourth-order valence-corrected chi connectivity index (χ4v) is 3.27. The van der Waals surface area contributed by atoms with E-state index >= 15 is 0 Å². The van der Waals surface area contributed by atoms with E-state index in [2.05, 4.69) is 14.9 Å². The molecule has 1 heterocycles. The van der Waals surface area contributed by atoms with Crippen molar-refractivity contribution in [3.05, 3.63) is 59.1 Å². The number of ether oxygens (including phenoxy) is 1. The molecule has 0 aliphatic heterocycles. The normalized spacial score (nSPS) is 10.9. The first-order valence-corrected chi connectivity index (χ1v) is 9.77. The third-order valence-corrected chi connectivity index (χ3v) is 4.83. The van der Waals surface area contributed by atoms with Crippen molar-refractivity contribution in [3.8, 4) is 17.2 Å². The Hall–Kier alpha value is -2.65. The summed E-state index contributed by atoms with van der Waals surface area (Å²) >= 11 is 7.08. The van der Waals surface area contributed by atoms with Crippen LogP contribution in [0.4, 0.5) is 8.78 Å². The molecule has 0 fully saturated rings. The molecule has 3 aromatic rings. The van der Waals surface area contributed by atoms with E-state index in [1.165, 1.54) is 17.0 Å². The van der Waals surface area contributed by atoms with Gasteiger partial charge >= 0.3 is 6.61 Å². The lowest BCUT2D eigenvalue weighted by molar-refractivity contribution is -0.127. The van der Waals surface area contributed by atoms with E-state index in [4.69, 9.17) is 16.0 Å². The van der Waals surface area contributed by atoms with Crippen molar-refractivity contribution in [1.29, 1.82) is 0 Å². The first-order valence-electron chi connectivity index (χ1n) is 8.40. The number of hydrogen-bond acceptors (Lipinski definition) is 6. The van der Waals surface area contributed by atoms with Gasteiger partial charge in [0.25, 0.3) is 5.22 Å². The van der Waals surface area contributed by atoms with Crippen LogP contribution in [0.25, 0.3) is 11.5 Å². The zero-order valence-electron chi connectivity index (χ0n) is 15.2. The van der Waals surface area contributed by atoms with Crippen LogP contribution in [-0.2, 0) is 11.3 Å². The van der Waals surface area contributed by atoms with E-state index in [1.54, 1.807) is 43.4 Å². The summed E-state index contributed by atoms with van der Waals surface area (Å²) in [7, 11) is 1.65. The van der Waals surface area contributed by atoms with Gasteiger partial charge in [-0.1, -0.05) is 41.6 Å². The maximum atomic E-state index is 12.3. The molecule has 0 radical (unpaired) electrons. The Morgan fingerprint density at radius 2 is 2.00 bits per heavy atom. The molecule has 0 N–H and O–H groups in total. The predicted molar refractivity (Wildman–Crippen MR) is 105 cm³/mol. The minimum atomic E-state index is -2.87. The maximum Gasteiger partial charge on any atom is 0.387 e. The van der Waals surface area contributed by atoms with Gasteiger partial charge in [0, 0.05) is 24.2 Å². The molecular weight excluding hydrogens is 424 g/mol. The maximum absolute atomic E-state index is 12.3. The highest BCUT2D eigenvalue weighted by molar-refractivity contribution is 7.99. The Bertz CT molecular complexity index is 969. The van der Waals surface area contributed by atoms with E-state index in [0.717, 1.165) is 17.3 Å². The highest BCUT2D eigenvalue weighted by atomic mass is 35.5. The van der Waals surface area contributed by atoms with Crippen LogP contribution in [0, 0.1) is 0 Å². The van der Waals surface area contributed by atoms with Gasteiger partial charge in [0.15, 0.2) is 0 Å².